The van der Waals surface area contributed by atoms with E-state index in [9.17, 15) is 4.79 Å². The van der Waals surface area contributed by atoms with Gasteiger partial charge in [0.25, 0.3) is 0 Å². The molecule has 0 aliphatic carbocycles. The summed E-state index contributed by atoms with van der Waals surface area (Å²) in [5.74, 6) is 0.869. The third-order valence-electron chi connectivity index (χ3n) is 3.57. The third kappa shape index (κ3) is 3.56. The Hall–Kier alpha value is -2.69. The highest BCUT2D eigenvalue weighted by molar-refractivity contribution is 5.81. The number of aromatic nitrogens is 3. The second kappa shape index (κ2) is 6.60. The van der Waals surface area contributed by atoms with E-state index in [1.54, 1.807) is 6.20 Å². The van der Waals surface area contributed by atoms with E-state index in [-0.39, 0.29) is 18.5 Å². The highest BCUT2D eigenvalue weighted by Crippen LogP contribution is 2.18. The molecule has 0 aliphatic rings. The maximum atomic E-state index is 12.2. The summed E-state index contributed by atoms with van der Waals surface area (Å²) in [4.78, 5) is 21.0. The van der Waals surface area contributed by atoms with E-state index in [1.165, 1.54) is 0 Å². The van der Waals surface area contributed by atoms with Crippen LogP contribution in [0.4, 0.5) is 0 Å². The van der Waals surface area contributed by atoms with Crippen LogP contribution < -0.4 is 5.32 Å². The van der Waals surface area contributed by atoms with E-state index in [2.05, 4.69) is 10.3 Å². The molecule has 0 radical (unpaired) electrons. The molecule has 5 heteroatoms. The average Bonchev–Trinajstić information content (AvgIpc) is 2.85. The van der Waals surface area contributed by atoms with Crippen LogP contribution in [0.2, 0.25) is 0 Å². The number of carbonyl (C=O) groups excluding carboxylic acids is 1. The molecule has 0 fully saturated rings. The Labute approximate surface area is 135 Å². The molecule has 5 nitrogen and oxygen atoms in total. The van der Waals surface area contributed by atoms with Gasteiger partial charge in [-0.25, -0.2) is 4.98 Å². The number of hydrogen-bond acceptors (Lipinski definition) is 3. The third-order valence-corrected chi connectivity index (χ3v) is 3.57. The van der Waals surface area contributed by atoms with Gasteiger partial charge in [0.15, 0.2) is 0 Å². The predicted molar refractivity (Wildman–Crippen MR) is 90.1 cm³/mol. The molecule has 1 N–H and O–H groups in total. The molecule has 0 saturated heterocycles. The van der Waals surface area contributed by atoms with Crippen molar-refractivity contribution >= 4 is 16.9 Å². The molecule has 3 aromatic rings. The van der Waals surface area contributed by atoms with Gasteiger partial charge in [0, 0.05) is 24.9 Å². The van der Waals surface area contributed by atoms with E-state index in [4.69, 9.17) is 4.98 Å². The molecule has 118 valence electrons. The Morgan fingerprint density at radius 2 is 2.04 bits per heavy atom. The maximum absolute atomic E-state index is 12.2. The number of rotatable bonds is 5. The van der Waals surface area contributed by atoms with Gasteiger partial charge in [-0.1, -0.05) is 18.2 Å². The smallest absolute Gasteiger partial charge is 0.240 e. The van der Waals surface area contributed by atoms with Gasteiger partial charge in [-0.05, 0) is 37.6 Å². The first-order chi connectivity index (χ1) is 11.1. The van der Waals surface area contributed by atoms with Crippen molar-refractivity contribution in [1.82, 2.24) is 19.9 Å². The lowest BCUT2D eigenvalue weighted by atomic mass is 10.2. The van der Waals surface area contributed by atoms with Crippen molar-refractivity contribution < 1.29 is 4.79 Å². The van der Waals surface area contributed by atoms with Gasteiger partial charge in [0.1, 0.15) is 12.4 Å². The van der Waals surface area contributed by atoms with Crippen LogP contribution in [0.15, 0.2) is 48.8 Å². The van der Waals surface area contributed by atoms with Crippen LogP contribution in [0.5, 0.6) is 0 Å². The number of hydrogen-bond donors (Lipinski definition) is 1. The largest absolute Gasteiger partial charge is 0.352 e. The summed E-state index contributed by atoms with van der Waals surface area (Å²) in [5, 5.41) is 2.94. The van der Waals surface area contributed by atoms with Crippen LogP contribution in [0.1, 0.15) is 25.2 Å². The Morgan fingerprint density at radius 3 is 2.78 bits per heavy atom. The lowest BCUT2D eigenvalue weighted by Gasteiger charge is -2.12. The topological polar surface area (TPSA) is 59.8 Å². The lowest BCUT2D eigenvalue weighted by Crippen LogP contribution is -2.33. The molecule has 1 amide bonds. The number of para-hydroxylation sites is 2. The summed E-state index contributed by atoms with van der Waals surface area (Å²) in [6.07, 6.45) is 4.23. The lowest BCUT2D eigenvalue weighted by molar-refractivity contribution is -0.122. The molecule has 23 heavy (non-hydrogen) atoms. The number of amides is 1. The number of pyridine rings is 1. The van der Waals surface area contributed by atoms with Crippen molar-refractivity contribution in [1.29, 1.82) is 0 Å². The van der Waals surface area contributed by atoms with E-state index in [0.717, 1.165) is 22.4 Å². The van der Waals surface area contributed by atoms with Crippen molar-refractivity contribution in [2.24, 2.45) is 0 Å². The summed E-state index contributed by atoms with van der Waals surface area (Å²) in [7, 11) is 0. The summed E-state index contributed by atoms with van der Waals surface area (Å²) >= 11 is 0. The standard InChI is InChI=1S/C18H20N4O/c1-13(2)20-18(23)12-22-16-8-4-3-7-15(16)21-17(22)10-14-6-5-9-19-11-14/h3-9,11,13H,10,12H2,1-2H3,(H,20,23). The molecule has 1 aromatic carbocycles. The molecule has 0 saturated carbocycles. The number of benzene rings is 1. The molecular formula is C18H20N4O. The van der Waals surface area contributed by atoms with E-state index < -0.39 is 0 Å². The fourth-order valence-corrected chi connectivity index (χ4v) is 2.63. The first-order valence-electron chi connectivity index (χ1n) is 7.76. The van der Waals surface area contributed by atoms with Crippen molar-refractivity contribution in [3.8, 4) is 0 Å². The number of nitrogens with one attached hydrogen (secondary N) is 1. The van der Waals surface area contributed by atoms with E-state index in [1.807, 2.05) is 61.0 Å². The molecule has 0 spiro atoms. The molecule has 0 aliphatic heterocycles. The minimum atomic E-state index is -0.00408. The second-order valence-corrected chi connectivity index (χ2v) is 5.86. The molecule has 2 aromatic heterocycles. The minimum absolute atomic E-state index is 0.00408. The van der Waals surface area contributed by atoms with Gasteiger partial charge < -0.3 is 9.88 Å². The number of fused-ring (bicyclic) bond motifs is 1. The summed E-state index contributed by atoms with van der Waals surface area (Å²) in [6, 6.07) is 11.9. The van der Waals surface area contributed by atoms with Gasteiger partial charge >= 0.3 is 0 Å². The normalized spacial score (nSPS) is 11.1. The SMILES string of the molecule is CC(C)NC(=O)Cn1c(Cc2cccnc2)nc2ccccc21. The molecule has 0 atom stereocenters. The quantitative estimate of drug-likeness (QED) is 0.788. The van der Waals surface area contributed by atoms with Crippen LogP contribution in [-0.4, -0.2) is 26.5 Å². The van der Waals surface area contributed by atoms with E-state index >= 15 is 0 Å². The average molecular weight is 308 g/mol. The highest BCUT2D eigenvalue weighted by Gasteiger charge is 2.14. The van der Waals surface area contributed by atoms with Gasteiger partial charge in [-0.3, -0.25) is 9.78 Å². The Kier molecular flexibility index (Phi) is 4.37. The van der Waals surface area contributed by atoms with Crippen molar-refractivity contribution in [2.45, 2.75) is 32.9 Å². The predicted octanol–water partition coefficient (Wildman–Crippen LogP) is 2.55. The van der Waals surface area contributed by atoms with Gasteiger partial charge in [-0.15, -0.1) is 0 Å². The highest BCUT2D eigenvalue weighted by atomic mass is 16.2. The number of nitrogens with zero attached hydrogens (tertiary/aromatic N) is 3. The fraction of sp³-hybridized carbons (Fsp3) is 0.278. The van der Waals surface area contributed by atoms with Crippen molar-refractivity contribution in [2.75, 3.05) is 0 Å². The second-order valence-electron chi connectivity index (χ2n) is 5.86. The van der Waals surface area contributed by atoms with E-state index in [0.29, 0.717) is 6.42 Å². The van der Waals surface area contributed by atoms with Gasteiger partial charge in [0.05, 0.1) is 11.0 Å². The van der Waals surface area contributed by atoms with Gasteiger partial charge in [0.2, 0.25) is 5.91 Å². The van der Waals surface area contributed by atoms with Crippen LogP contribution in [0.3, 0.4) is 0 Å². The number of carbonyl (C=O) groups is 1. The van der Waals surface area contributed by atoms with Crippen LogP contribution in [-0.2, 0) is 17.8 Å². The monoisotopic (exact) mass is 308 g/mol. The molecule has 2 heterocycles. The zero-order valence-corrected chi connectivity index (χ0v) is 13.4. The molecule has 0 bridgehead atoms. The first kappa shape index (κ1) is 15.2. The Balaban J connectivity index is 1.96. The van der Waals surface area contributed by atoms with Gasteiger partial charge in [-0.2, -0.15) is 0 Å². The van der Waals surface area contributed by atoms with Crippen LogP contribution in [0, 0.1) is 0 Å². The fourth-order valence-electron chi connectivity index (χ4n) is 2.63. The summed E-state index contributed by atoms with van der Waals surface area (Å²) < 4.78 is 1.99. The summed E-state index contributed by atoms with van der Waals surface area (Å²) in [5.41, 5.74) is 2.96. The number of imidazole rings is 1. The van der Waals surface area contributed by atoms with Crippen LogP contribution >= 0.6 is 0 Å². The Bertz CT molecular complexity index is 808. The zero-order valence-electron chi connectivity index (χ0n) is 13.4. The summed E-state index contributed by atoms with van der Waals surface area (Å²) in [6.45, 7) is 4.19. The maximum Gasteiger partial charge on any atom is 0.240 e. The molecular weight excluding hydrogens is 288 g/mol. The van der Waals surface area contributed by atoms with Crippen molar-refractivity contribution in [3.63, 3.8) is 0 Å². The minimum Gasteiger partial charge on any atom is -0.352 e. The van der Waals surface area contributed by atoms with Crippen LogP contribution in [0.25, 0.3) is 11.0 Å². The molecule has 0 unspecified atom stereocenters. The zero-order chi connectivity index (χ0) is 16.2. The molecule has 3 rings (SSSR count). The first-order valence-corrected chi connectivity index (χ1v) is 7.76. The van der Waals surface area contributed by atoms with Crippen molar-refractivity contribution in [3.05, 3.63) is 60.2 Å². The Morgan fingerprint density at radius 1 is 1.22 bits per heavy atom.